The number of aliphatic hydroxyl groups is 1. The molecule has 2 fully saturated rings. The summed E-state index contributed by atoms with van der Waals surface area (Å²) in [6, 6.07) is 10.6. The molecule has 3 N–H and O–H groups in total. The lowest BCUT2D eigenvalue weighted by molar-refractivity contribution is -0.146. The molecule has 2 aromatic rings. The van der Waals surface area contributed by atoms with Gasteiger partial charge in [-0.1, -0.05) is 41.4 Å². The van der Waals surface area contributed by atoms with Gasteiger partial charge in [0.15, 0.2) is 12.2 Å². The van der Waals surface area contributed by atoms with Crippen molar-refractivity contribution in [2.24, 2.45) is 0 Å². The van der Waals surface area contributed by atoms with Crippen molar-refractivity contribution in [1.29, 1.82) is 0 Å². The van der Waals surface area contributed by atoms with Gasteiger partial charge in [0, 0.05) is 35.1 Å². The summed E-state index contributed by atoms with van der Waals surface area (Å²) >= 11 is 12.3. The molecule has 4 atom stereocenters. The number of nitrogens with zero attached hydrogens (tertiary/aromatic N) is 1. The molecule has 0 bridgehead atoms. The van der Waals surface area contributed by atoms with E-state index in [0.717, 1.165) is 0 Å². The van der Waals surface area contributed by atoms with E-state index in [9.17, 15) is 24.6 Å². The summed E-state index contributed by atoms with van der Waals surface area (Å²) in [4.78, 5) is 38.8. The molecule has 198 valence electrons. The Kier molecular flexibility index (Phi) is 8.88. The Balaban J connectivity index is 1.34. The SMILES string of the molecule is O=C(O)C(Cc1ccc(OCc2c(Cl)cccc2Cl)cc1)NC(=O)C1OCOC1C(=O)N1CCC(O)C1. The first kappa shape index (κ1) is 27.2. The van der Waals surface area contributed by atoms with Gasteiger partial charge in [0.25, 0.3) is 11.8 Å². The Morgan fingerprint density at radius 1 is 1.08 bits per heavy atom. The van der Waals surface area contributed by atoms with E-state index < -0.39 is 42.1 Å². The summed E-state index contributed by atoms with van der Waals surface area (Å²) in [5.41, 5.74) is 1.29. The number of likely N-dealkylation sites (tertiary alicyclic amines) is 1. The van der Waals surface area contributed by atoms with Crippen molar-refractivity contribution in [3.63, 3.8) is 0 Å². The quantitative estimate of drug-likeness (QED) is 0.430. The van der Waals surface area contributed by atoms with Gasteiger partial charge in [-0.25, -0.2) is 4.79 Å². The van der Waals surface area contributed by atoms with Gasteiger partial charge in [0.05, 0.1) is 6.10 Å². The van der Waals surface area contributed by atoms with Gasteiger partial charge in [-0.05, 0) is 36.2 Å². The van der Waals surface area contributed by atoms with Gasteiger partial charge >= 0.3 is 5.97 Å². The number of amides is 2. The molecule has 4 unspecified atom stereocenters. The van der Waals surface area contributed by atoms with Gasteiger partial charge < -0.3 is 34.6 Å². The topological polar surface area (TPSA) is 135 Å². The third-order valence-electron chi connectivity index (χ3n) is 6.17. The van der Waals surface area contributed by atoms with E-state index >= 15 is 0 Å². The molecule has 2 saturated heterocycles. The molecule has 10 nitrogen and oxygen atoms in total. The molecular weight excluding hydrogens is 527 g/mol. The van der Waals surface area contributed by atoms with Crippen LogP contribution < -0.4 is 10.1 Å². The van der Waals surface area contributed by atoms with Crippen molar-refractivity contribution in [3.8, 4) is 5.75 Å². The minimum atomic E-state index is -1.29. The van der Waals surface area contributed by atoms with E-state index in [4.69, 9.17) is 37.4 Å². The zero-order chi connectivity index (χ0) is 26.5. The van der Waals surface area contributed by atoms with E-state index in [2.05, 4.69) is 5.32 Å². The molecule has 0 radical (unpaired) electrons. The first-order valence-corrected chi connectivity index (χ1v) is 12.4. The second-order valence-corrected chi connectivity index (χ2v) is 9.57. The van der Waals surface area contributed by atoms with Gasteiger partial charge in [-0.2, -0.15) is 0 Å². The number of halogens is 2. The van der Waals surface area contributed by atoms with E-state index in [1.807, 2.05) is 0 Å². The standard InChI is InChI=1S/C25H26Cl2N2O8/c26-18-2-1-3-19(27)17(18)12-35-16-6-4-14(5-7-16)10-20(25(33)34)28-23(31)21-22(37-13-36-21)24(32)29-9-8-15(30)11-29/h1-7,15,20-22,30H,8-13H2,(H,28,31)(H,33,34). The van der Waals surface area contributed by atoms with E-state index in [-0.39, 0.29) is 26.4 Å². The second-order valence-electron chi connectivity index (χ2n) is 8.76. The number of hydrogen-bond acceptors (Lipinski definition) is 7. The van der Waals surface area contributed by atoms with Crippen LogP contribution in [0.3, 0.4) is 0 Å². The fourth-order valence-corrected chi connectivity index (χ4v) is 4.64. The van der Waals surface area contributed by atoms with Crippen molar-refractivity contribution in [2.75, 3.05) is 19.9 Å². The lowest BCUT2D eigenvalue weighted by Gasteiger charge is -2.23. The number of carbonyl (C=O) groups excluding carboxylic acids is 2. The molecule has 0 saturated carbocycles. The molecular formula is C25H26Cl2N2O8. The van der Waals surface area contributed by atoms with Crippen LogP contribution in [0.25, 0.3) is 0 Å². The second kappa shape index (κ2) is 12.1. The molecule has 12 heteroatoms. The van der Waals surface area contributed by atoms with Gasteiger partial charge in [0.2, 0.25) is 0 Å². The van der Waals surface area contributed by atoms with E-state index in [1.54, 1.807) is 42.5 Å². The fraction of sp³-hybridized carbons (Fsp3) is 0.400. The maximum absolute atomic E-state index is 12.8. The average molecular weight is 553 g/mol. The van der Waals surface area contributed by atoms with Crippen LogP contribution in [-0.4, -0.2) is 77.1 Å². The summed E-state index contributed by atoms with van der Waals surface area (Å²) in [5.74, 6) is -1.96. The number of nitrogens with one attached hydrogen (secondary N) is 1. The maximum atomic E-state index is 12.8. The highest BCUT2D eigenvalue weighted by molar-refractivity contribution is 6.35. The first-order chi connectivity index (χ1) is 17.7. The predicted octanol–water partition coefficient (Wildman–Crippen LogP) is 2.02. The van der Waals surface area contributed by atoms with Crippen LogP contribution in [0.4, 0.5) is 0 Å². The Bertz CT molecular complexity index is 1130. The molecule has 0 aliphatic carbocycles. The number of ether oxygens (including phenoxy) is 3. The maximum Gasteiger partial charge on any atom is 0.326 e. The van der Waals surface area contributed by atoms with Crippen LogP contribution in [0, 0.1) is 0 Å². The van der Waals surface area contributed by atoms with Crippen LogP contribution >= 0.6 is 23.2 Å². The lowest BCUT2D eigenvalue weighted by atomic mass is 10.0. The van der Waals surface area contributed by atoms with Crippen molar-refractivity contribution in [2.45, 2.75) is 43.8 Å². The monoisotopic (exact) mass is 552 g/mol. The van der Waals surface area contributed by atoms with Gasteiger partial charge in [-0.3, -0.25) is 9.59 Å². The summed E-state index contributed by atoms with van der Waals surface area (Å²) in [7, 11) is 0. The number of aliphatic carboxylic acids is 1. The molecule has 2 aliphatic rings. The summed E-state index contributed by atoms with van der Waals surface area (Å²) < 4.78 is 16.3. The Morgan fingerprint density at radius 2 is 1.76 bits per heavy atom. The number of β-amino-alcohol motifs (C(OH)–C–C–N with tert-alkyl or cyclic N) is 1. The Labute approximate surface area is 223 Å². The summed E-state index contributed by atoms with van der Waals surface area (Å²) in [6.07, 6.45) is -2.69. The van der Waals surface area contributed by atoms with Crippen molar-refractivity contribution in [1.82, 2.24) is 10.2 Å². The third kappa shape index (κ3) is 6.71. The number of carboxylic acid groups (broad SMARTS) is 1. The summed E-state index contributed by atoms with van der Waals surface area (Å²) in [5, 5.41) is 22.8. The van der Waals surface area contributed by atoms with Crippen LogP contribution in [0.2, 0.25) is 10.0 Å². The highest BCUT2D eigenvalue weighted by Crippen LogP contribution is 2.26. The van der Waals surface area contributed by atoms with Crippen molar-refractivity contribution < 1.29 is 38.8 Å². The molecule has 2 aromatic carbocycles. The number of hydrogen-bond donors (Lipinski definition) is 3. The number of carbonyl (C=O) groups is 3. The van der Waals surface area contributed by atoms with Crippen LogP contribution in [0.5, 0.6) is 5.75 Å². The van der Waals surface area contributed by atoms with Crippen LogP contribution in [-0.2, 0) is 36.9 Å². The van der Waals surface area contributed by atoms with E-state index in [1.165, 1.54) is 4.90 Å². The third-order valence-corrected chi connectivity index (χ3v) is 6.88. The largest absolute Gasteiger partial charge is 0.489 e. The minimum absolute atomic E-state index is 0.0117. The van der Waals surface area contributed by atoms with E-state index in [0.29, 0.717) is 39.9 Å². The average Bonchev–Trinajstić information content (AvgIpc) is 3.53. The van der Waals surface area contributed by atoms with Gasteiger partial charge in [-0.15, -0.1) is 0 Å². The highest BCUT2D eigenvalue weighted by Gasteiger charge is 2.44. The highest BCUT2D eigenvalue weighted by atomic mass is 35.5. The molecule has 2 heterocycles. The molecule has 37 heavy (non-hydrogen) atoms. The smallest absolute Gasteiger partial charge is 0.326 e. The number of aliphatic hydroxyl groups excluding tert-OH is 1. The molecule has 0 spiro atoms. The fourth-order valence-electron chi connectivity index (χ4n) is 4.13. The number of carboxylic acids is 1. The Hall–Kier alpha value is -2.89. The zero-order valence-electron chi connectivity index (χ0n) is 19.6. The first-order valence-electron chi connectivity index (χ1n) is 11.6. The lowest BCUT2D eigenvalue weighted by Crippen LogP contribution is -2.52. The molecule has 2 amide bonds. The minimum Gasteiger partial charge on any atom is -0.489 e. The number of rotatable bonds is 9. The van der Waals surface area contributed by atoms with Crippen molar-refractivity contribution >= 4 is 41.0 Å². The Morgan fingerprint density at radius 3 is 2.38 bits per heavy atom. The van der Waals surface area contributed by atoms with Crippen LogP contribution in [0.15, 0.2) is 42.5 Å². The summed E-state index contributed by atoms with van der Waals surface area (Å²) in [6.45, 7) is 0.377. The molecule has 2 aliphatic heterocycles. The van der Waals surface area contributed by atoms with Crippen LogP contribution in [0.1, 0.15) is 17.5 Å². The molecule has 4 rings (SSSR count). The van der Waals surface area contributed by atoms with Crippen molar-refractivity contribution in [3.05, 3.63) is 63.6 Å². The zero-order valence-corrected chi connectivity index (χ0v) is 21.2. The molecule has 0 aromatic heterocycles. The number of benzene rings is 2. The van der Waals surface area contributed by atoms with Gasteiger partial charge in [0.1, 0.15) is 25.2 Å². The predicted molar refractivity (Wildman–Crippen MR) is 132 cm³/mol. The normalized spacial score (nSPS) is 22.0.